The van der Waals surface area contributed by atoms with Crippen molar-refractivity contribution in [1.29, 1.82) is 0 Å². The van der Waals surface area contributed by atoms with E-state index in [1.54, 1.807) is 0 Å². The van der Waals surface area contributed by atoms with Gasteiger partial charge in [0.05, 0.1) is 5.92 Å². The average Bonchev–Trinajstić information content (AvgIpc) is 2.46. The van der Waals surface area contributed by atoms with Crippen molar-refractivity contribution in [2.45, 2.75) is 64.7 Å². The number of carbonyl (C=O) groups excluding carboxylic acids is 2. The summed E-state index contributed by atoms with van der Waals surface area (Å²) in [5.74, 6) is -2.36. The lowest BCUT2D eigenvalue weighted by Gasteiger charge is -2.30. The highest BCUT2D eigenvalue weighted by Gasteiger charge is 2.33. The lowest BCUT2D eigenvalue weighted by atomic mass is 9.79. The number of hydrogen-bond donors (Lipinski definition) is 2. The van der Waals surface area contributed by atoms with E-state index in [4.69, 9.17) is 20.3 Å². The van der Waals surface area contributed by atoms with Crippen LogP contribution in [0, 0.1) is 11.8 Å². The molecule has 0 aromatic heterocycles. The average molecular weight is 315 g/mol. The van der Waals surface area contributed by atoms with Gasteiger partial charge in [-0.1, -0.05) is 6.92 Å². The maximum absolute atomic E-state index is 12.1. The molecule has 7 nitrogen and oxygen atoms in total. The van der Waals surface area contributed by atoms with Gasteiger partial charge in [0.25, 0.3) is 0 Å². The molecule has 3 N–H and O–H groups in total. The van der Waals surface area contributed by atoms with E-state index in [2.05, 4.69) is 0 Å². The fourth-order valence-electron chi connectivity index (χ4n) is 2.69. The first-order valence-corrected chi connectivity index (χ1v) is 7.71. The Balaban J connectivity index is 2.50. The normalized spacial score (nSPS) is 24.1. The number of ether oxygens (including phenoxy) is 2. The highest BCUT2D eigenvalue weighted by Crippen LogP contribution is 2.31. The fourth-order valence-corrected chi connectivity index (χ4v) is 2.69. The van der Waals surface area contributed by atoms with Crippen LogP contribution in [-0.4, -0.2) is 35.3 Å². The summed E-state index contributed by atoms with van der Waals surface area (Å²) in [5.41, 5.74) is 5.93. The summed E-state index contributed by atoms with van der Waals surface area (Å²) < 4.78 is 10.1. The molecule has 0 aromatic rings. The quantitative estimate of drug-likeness (QED) is 0.539. The molecule has 2 atom stereocenters. The Kier molecular flexibility index (Phi) is 7.31. The summed E-state index contributed by atoms with van der Waals surface area (Å²) in [7, 11) is 0. The third kappa shape index (κ3) is 5.63. The zero-order chi connectivity index (χ0) is 16.7. The van der Waals surface area contributed by atoms with Gasteiger partial charge >= 0.3 is 17.9 Å². The largest absolute Gasteiger partial charge is 0.481 e. The molecular formula is C15H25NO6. The van der Waals surface area contributed by atoms with E-state index >= 15 is 0 Å². The van der Waals surface area contributed by atoms with Crippen LogP contribution in [0.1, 0.15) is 52.4 Å². The third-order valence-electron chi connectivity index (χ3n) is 3.97. The summed E-state index contributed by atoms with van der Waals surface area (Å²) in [6, 6.07) is -0.815. The van der Waals surface area contributed by atoms with E-state index in [1.165, 1.54) is 6.92 Å². The molecule has 0 aromatic carbocycles. The smallest absolute Gasteiger partial charge is 0.326 e. The maximum atomic E-state index is 12.1. The molecule has 1 fully saturated rings. The Morgan fingerprint density at radius 3 is 2.23 bits per heavy atom. The van der Waals surface area contributed by atoms with Gasteiger partial charge in [-0.15, -0.1) is 0 Å². The lowest BCUT2D eigenvalue weighted by Crippen LogP contribution is -2.43. The number of esters is 2. The molecule has 126 valence electrons. The molecule has 0 radical (unpaired) electrons. The van der Waals surface area contributed by atoms with E-state index in [0.29, 0.717) is 38.5 Å². The second-order valence-electron chi connectivity index (χ2n) is 5.74. The van der Waals surface area contributed by atoms with E-state index in [0.717, 1.165) is 0 Å². The molecule has 0 heterocycles. The van der Waals surface area contributed by atoms with Gasteiger partial charge in [0.2, 0.25) is 6.29 Å². The van der Waals surface area contributed by atoms with E-state index in [1.807, 2.05) is 6.92 Å². The molecule has 0 amide bonds. The lowest BCUT2D eigenvalue weighted by molar-refractivity contribution is -0.189. The van der Waals surface area contributed by atoms with Crippen molar-refractivity contribution < 1.29 is 29.0 Å². The molecule has 0 spiro atoms. The van der Waals surface area contributed by atoms with Crippen LogP contribution in [0.25, 0.3) is 0 Å². The third-order valence-corrected chi connectivity index (χ3v) is 3.97. The van der Waals surface area contributed by atoms with Crippen molar-refractivity contribution in [3.05, 3.63) is 0 Å². The predicted octanol–water partition coefficient (Wildman–Crippen LogP) is 1.44. The summed E-state index contributed by atoms with van der Waals surface area (Å²) in [6.07, 6.45) is 2.41. The Morgan fingerprint density at radius 1 is 1.18 bits per heavy atom. The minimum Gasteiger partial charge on any atom is -0.481 e. The van der Waals surface area contributed by atoms with Crippen molar-refractivity contribution in [3.63, 3.8) is 0 Å². The number of nitrogens with two attached hydrogens (primary N) is 1. The Hall–Kier alpha value is -1.63. The summed E-state index contributed by atoms with van der Waals surface area (Å²) in [4.78, 5) is 34.0. The highest BCUT2D eigenvalue weighted by atomic mass is 16.7. The molecule has 2 unspecified atom stereocenters. The van der Waals surface area contributed by atoms with Crippen molar-refractivity contribution in [2.75, 3.05) is 0 Å². The van der Waals surface area contributed by atoms with Crippen LogP contribution in [0.4, 0.5) is 0 Å². The Morgan fingerprint density at radius 2 is 1.77 bits per heavy atom. The number of carboxylic acid groups (broad SMARTS) is 1. The van der Waals surface area contributed by atoms with Gasteiger partial charge < -0.3 is 20.3 Å². The van der Waals surface area contributed by atoms with Crippen LogP contribution >= 0.6 is 0 Å². The topological polar surface area (TPSA) is 116 Å². The first-order valence-electron chi connectivity index (χ1n) is 7.71. The van der Waals surface area contributed by atoms with Gasteiger partial charge in [-0.3, -0.25) is 14.4 Å². The summed E-state index contributed by atoms with van der Waals surface area (Å²) in [5, 5.41) is 8.96. The molecule has 1 aliphatic carbocycles. The minimum atomic E-state index is -0.906. The van der Waals surface area contributed by atoms with Gasteiger partial charge in [0.15, 0.2) is 0 Å². The summed E-state index contributed by atoms with van der Waals surface area (Å²) in [6.45, 7) is 3.14. The molecule has 7 heteroatoms. The first-order chi connectivity index (χ1) is 10.3. The molecule has 1 aliphatic rings. The Bertz CT molecular complexity index is 403. The van der Waals surface area contributed by atoms with E-state index in [-0.39, 0.29) is 11.8 Å². The van der Waals surface area contributed by atoms with Gasteiger partial charge in [-0.05, 0) is 38.0 Å². The first kappa shape index (κ1) is 18.4. The van der Waals surface area contributed by atoms with Crippen LogP contribution in [0.3, 0.4) is 0 Å². The maximum Gasteiger partial charge on any atom is 0.326 e. The predicted molar refractivity (Wildman–Crippen MR) is 77.6 cm³/mol. The van der Waals surface area contributed by atoms with Crippen LogP contribution in [0.5, 0.6) is 0 Å². The molecular weight excluding hydrogens is 290 g/mol. The molecule has 22 heavy (non-hydrogen) atoms. The second kappa shape index (κ2) is 8.73. The molecule has 1 rings (SSSR count). The van der Waals surface area contributed by atoms with Gasteiger partial charge in [-0.25, -0.2) is 0 Å². The fraction of sp³-hybridized carbons (Fsp3) is 0.800. The standard InChI is InChI=1S/C15H25NO6/c1-3-4-12(21-9(2)17)22-15(20)13(16)10-5-7-11(8-6-10)14(18)19/h10-13H,3-8,16H2,1-2H3,(H,18,19). The number of carbonyl (C=O) groups is 3. The molecule has 0 aliphatic heterocycles. The summed E-state index contributed by atoms with van der Waals surface area (Å²) >= 11 is 0. The molecule has 0 saturated heterocycles. The zero-order valence-electron chi connectivity index (χ0n) is 13.1. The van der Waals surface area contributed by atoms with E-state index in [9.17, 15) is 14.4 Å². The molecule has 1 saturated carbocycles. The highest BCUT2D eigenvalue weighted by molar-refractivity contribution is 5.76. The zero-order valence-corrected chi connectivity index (χ0v) is 13.1. The number of aliphatic carboxylic acids is 1. The van der Waals surface area contributed by atoms with E-state index < -0.39 is 30.2 Å². The van der Waals surface area contributed by atoms with Gasteiger partial charge in [-0.2, -0.15) is 0 Å². The van der Waals surface area contributed by atoms with Gasteiger partial charge in [0, 0.05) is 13.3 Å². The van der Waals surface area contributed by atoms with Crippen molar-refractivity contribution >= 4 is 17.9 Å². The number of rotatable bonds is 7. The molecule has 0 bridgehead atoms. The van der Waals surface area contributed by atoms with Crippen LogP contribution in [0.2, 0.25) is 0 Å². The minimum absolute atomic E-state index is 0.0947. The monoisotopic (exact) mass is 315 g/mol. The van der Waals surface area contributed by atoms with Crippen molar-refractivity contribution in [2.24, 2.45) is 17.6 Å². The number of hydrogen-bond acceptors (Lipinski definition) is 6. The van der Waals surface area contributed by atoms with Crippen molar-refractivity contribution in [3.8, 4) is 0 Å². The number of carboxylic acids is 1. The van der Waals surface area contributed by atoms with Crippen LogP contribution in [-0.2, 0) is 23.9 Å². The van der Waals surface area contributed by atoms with Crippen molar-refractivity contribution in [1.82, 2.24) is 0 Å². The SMILES string of the molecule is CCCC(OC(C)=O)OC(=O)C(N)C1CCC(C(=O)O)CC1. The second-order valence-corrected chi connectivity index (χ2v) is 5.74. The van der Waals surface area contributed by atoms with Crippen LogP contribution in [0.15, 0.2) is 0 Å². The van der Waals surface area contributed by atoms with Gasteiger partial charge in [0.1, 0.15) is 6.04 Å². The Labute approximate surface area is 130 Å². The van der Waals surface area contributed by atoms with Crippen LogP contribution < -0.4 is 5.73 Å².